The minimum Gasteiger partial charge on any atom is -0.497 e. The molecule has 0 fully saturated rings. The van der Waals surface area contributed by atoms with E-state index in [-0.39, 0.29) is 19.1 Å². The van der Waals surface area contributed by atoms with Gasteiger partial charge in [0.05, 0.1) is 25.4 Å². The van der Waals surface area contributed by atoms with Gasteiger partial charge in [0.1, 0.15) is 11.6 Å². The summed E-state index contributed by atoms with van der Waals surface area (Å²) >= 11 is 0. The molecule has 0 saturated carbocycles. The van der Waals surface area contributed by atoms with Crippen LogP contribution in [0, 0.1) is 0 Å². The Labute approximate surface area is 162 Å². The number of hydrogen-bond acceptors (Lipinski definition) is 6. The smallest absolute Gasteiger partial charge is 0.231 e. The van der Waals surface area contributed by atoms with Crippen molar-refractivity contribution in [3.05, 3.63) is 66.4 Å². The molecule has 0 spiro atoms. The normalized spacial score (nSPS) is 11.8. The number of pyridine rings is 1. The van der Waals surface area contributed by atoms with Crippen LogP contribution in [0.15, 0.2) is 60.8 Å². The van der Waals surface area contributed by atoms with Gasteiger partial charge >= 0.3 is 0 Å². The molecule has 0 aliphatic carbocycles. The summed E-state index contributed by atoms with van der Waals surface area (Å²) in [5.41, 5.74) is 2.56. The van der Waals surface area contributed by atoms with Gasteiger partial charge in [-0.05, 0) is 42.0 Å². The number of hydrogen-bond donors (Lipinski definition) is 2. The molecular weight excluding hydrogens is 358 g/mol. The summed E-state index contributed by atoms with van der Waals surface area (Å²) in [6.45, 7) is 0.241. The second-order valence-corrected chi connectivity index (χ2v) is 6.20. The van der Waals surface area contributed by atoms with Gasteiger partial charge in [-0.3, -0.25) is 4.79 Å². The van der Waals surface area contributed by atoms with Crippen molar-refractivity contribution < 1.29 is 19.0 Å². The molecule has 2 heterocycles. The Balaban J connectivity index is 1.34. The van der Waals surface area contributed by atoms with E-state index >= 15 is 0 Å². The summed E-state index contributed by atoms with van der Waals surface area (Å²) in [4.78, 5) is 16.5. The van der Waals surface area contributed by atoms with Crippen molar-refractivity contribution in [3.8, 4) is 17.2 Å². The minimum atomic E-state index is -0.130. The number of benzene rings is 2. The van der Waals surface area contributed by atoms with Gasteiger partial charge in [0.25, 0.3) is 0 Å². The molecule has 0 radical (unpaired) electrons. The molecule has 4 rings (SSSR count). The highest BCUT2D eigenvalue weighted by atomic mass is 16.7. The highest BCUT2D eigenvalue weighted by molar-refractivity contribution is 5.91. The van der Waals surface area contributed by atoms with Crippen molar-refractivity contribution in [1.29, 1.82) is 0 Å². The maximum absolute atomic E-state index is 12.2. The molecule has 0 saturated heterocycles. The van der Waals surface area contributed by atoms with E-state index in [1.54, 1.807) is 19.4 Å². The quantitative estimate of drug-likeness (QED) is 0.681. The zero-order valence-corrected chi connectivity index (χ0v) is 15.3. The molecule has 0 unspecified atom stereocenters. The first-order chi connectivity index (χ1) is 13.7. The lowest BCUT2D eigenvalue weighted by Crippen LogP contribution is -2.15. The van der Waals surface area contributed by atoms with Crippen molar-refractivity contribution >= 4 is 23.1 Å². The molecule has 2 N–H and O–H groups in total. The fourth-order valence-electron chi connectivity index (χ4n) is 2.80. The third-order valence-electron chi connectivity index (χ3n) is 4.22. The van der Waals surface area contributed by atoms with Crippen molar-refractivity contribution in [2.45, 2.75) is 6.42 Å². The van der Waals surface area contributed by atoms with Crippen LogP contribution in [0.3, 0.4) is 0 Å². The van der Waals surface area contributed by atoms with E-state index in [1.807, 2.05) is 48.5 Å². The average Bonchev–Trinajstić information content (AvgIpc) is 3.18. The van der Waals surface area contributed by atoms with Crippen LogP contribution in [0.5, 0.6) is 17.2 Å². The molecule has 1 aliphatic heterocycles. The molecule has 1 amide bonds. The zero-order valence-electron chi connectivity index (χ0n) is 15.3. The Bertz CT molecular complexity index is 972. The van der Waals surface area contributed by atoms with Gasteiger partial charge in [0.15, 0.2) is 11.5 Å². The number of carbonyl (C=O) groups excluding carboxylic acids is 1. The predicted octanol–water partition coefficient (Wildman–Crippen LogP) is 3.74. The first-order valence-electron chi connectivity index (χ1n) is 8.75. The number of methoxy groups -OCH3 is 1. The van der Waals surface area contributed by atoms with Crippen LogP contribution in [0.2, 0.25) is 0 Å². The Kier molecular flexibility index (Phi) is 4.97. The third kappa shape index (κ3) is 4.15. The van der Waals surface area contributed by atoms with Gasteiger partial charge in [-0.2, -0.15) is 0 Å². The molecule has 2 aromatic carbocycles. The number of rotatable bonds is 6. The molecule has 0 atom stereocenters. The predicted molar refractivity (Wildman–Crippen MR) is 105 cm³/mol. The molecule has 1 aliphatic rings. The number of nitrogens with zero attached hydrogens (tertiary/aromatic N) is 1. The van der Waals surface area contributed by atoms with E-state index in [9.17, 15) is 4.79 Å². The first kappa shape index (κ1) is 17.7. The van der Waals surface area contributed by atoms with Gasteiger partial charge in [0.2, 0.25) is 12.7 Å². The summed E-state index contributed by atoms with van der Waals surface area (Å²) in [6.07, 6.45) is 1.93. The van der Waals surface area contributed by atoms with Gasteiger partial charge in [0, 0.05) is 11.8 Å². The minimum absolute atomic E-state index is 0.130. The highest BCUT2D eigenvalue weighted by Gasteiger charge is 2.13. The van der Waals surface area contributed by atoms with Crippen LogP contribution >= 0.6 is 0 Å². The van der Waals surface area contributed by atoms with Crippen LogP contribution in [0.1, 0.15) is 5.56 Å². The number of amides is 1. The average molecular weight is 377 g/mol. The summed E-state index contributed by atoms with van der Waals surface area (Å²) in [6, 6.07) is 16.6. The molecule has 3 aromatic rings. The summed E-state index contributed by atoms with van der Waals surface area (Å²) in [5, 5.41) is 6.04. The number of nitrogens with one attached hydrogen (secondary N) is 2. The van der Waals surface area contributed by atoms with Crippen LogP contribution in [-0.4, -0.2) is 24.8 Å². The summed E-state index contributed by atoms with van der Waals surface area (Å²) < 4.78 is 15.8. The monoisotopic (exact) mass is 377 g/mol. The second kappa shape index (κ2) is 7.87. The second-order valence-electron chi connectivity index (χ2n) is 6.20. The Morgan fingerprint density at radius 1 is 1.04 bits per heavy atom. The van der Waals surface area contributed by atoms with Crippen molar-refractivity contribution in [2.75, 3.05) is 24.5 Å². The number of ether oxygens (including phenoxy) is 3. The Hall–Kier alpha value is -3.74. The van der Waals surface area contributed by atoms with Crippen molar-refractivity contribution in [3.63, 3.8) is 0 Å². The van der Waals surface area contributed by atoms with E-state index in [0.717, 1.165) is 28.4 Å². The lowest BCUT2D eigenvalue weighted by atomic mass is 10.1. The maximum atomic E-state index is 12.2. The SMILES string of the molecule is COc1ccc(CC(=O)Nc2ccc(Nc3ccc4c(c3)OCO4)cn2)cc1. The number of anilines is 3. The fraction of sp³-hybridized carbons (Fsp3) is 0.143. The first-order valence-corrected chi connectivity index (χ1v) is 8.75. The van der Waals surface area contributed by atoms with Crippen LogP contribution in [-0.2, 0) is 11.2 Å². The molecule has 7 heteroatoms. The molecule has 0 bridgehead atoms. The molecule has 28 heavy (non-hydrogen) atoms. The number of fused-ring (bicyclic) bond motifs is 1. The number of aromatic nitrogens is 1. The van der Waals surface area contributed by atoms with Gasteiger partial charge in [-0.1, -0.05) is 12.1 Å². The standard InChI is InChI=1S/C21H19N3O4/c1-26-17-6-2-14(3-7-17)10-21(25)24-20-9-5-16(12-22-20)23-15-4-8-18-19(11-15)28-13-27-18/h2-9,11-12,23H,10,13H2,1H3,(H,22,24,25). The van der Waals surface area contributed by atoms with Crippen LogP contribution in [0.25, 0.3) is 0 Å². The van der Waals surface area contributed by atoms with Gasteiger partial charge < -0.3 is 24.8 Å². The summed E-state index contributed by atoms with van der Waals surface area (Å²) in [7, 11) is 1.61. The molecule has 1 aromatic heterocycles. The Morgan fingerprint density at radius 3 is 2.57 bits per heavy atom. The van der Waals surface area contributed by atoms with E-state index in [2.05, 4.69) is 15.6 Å². The molecule has 142 valence electrons. The van der Waals surface area contributed by atoms with Crippen LogP contribution in [0.4, 0.5) is 17.2 Å². The maximum Gasteiger partial charge on any atom is 0.231 e. The highest BCUT2D eigenvalue weighted by Crippen LogP contribution is 2.35. The van der Waals surface area contributed by atoms with E-state index in [1.165, 1.54) is 0 Å². The summed E-state index contributed by atoms with van der Waals surface area (Å²) in [5.74, 6) is 2.57. The molecular formula is C21H19N3O4. The van der Waals surface area contributed by atoms with E-state index in [0.29, 0.717) is 11.6 Å². The zero-order chi connectivity index (χ0) is 19.3. The molecule has 7 nitrogen and oxygen atoms in total. The number of carbonyl (C=O) groups is 1. The lowest BCUT2D eigenvalue weighted by molar-refractivity contribution is -0.115. The van der Waals surface area contributed by atoms with Gasteiger partial charge in [-0.25, -0.2) is 4.98 Å². The van der Waals surface area contributed by atoms with Crippen LogP contribution < -0.4 is 24.8 Å². The van der Waals surface area contributed by atoms with Gasteiger partial charge in [-0.15, -0.1) is 0 Å². The topological polar surface area (TPSA) is 81.7 Å². The third-order valence-corrected chi connectivity index (χ3v) is 4.22. The van der Waals surface area contributed by atoms with E-state index < -0.39 is 0 Å². The largest absolute Gasteiger partial charge is 0.497 e. The van der Waals surface area contributed by atoms with Crippen molar-refractivity contribution in [2.24, 2.45) is 0 Å². The fourth-order valence-corrected chi connectivity index (χ4v) is 2.80. The van der Waals surface area contributed by atoms with E-state index in [4.69, 9.17) is 14.2 Å². The lowest BCUT2D eigenvalue weighted by Gasteiger charge is -2.09. The van der Waals surface area contributed by atoms with Crippen molar-refractivity contribution in [1.82, 2.24) is 4.98 Å². The Morgan fingerprint density at radius 2 is 1.82 bits per heavy atom.